The van der Waals surface area contributed by atoms with E-state index in [-0.39, 0.29) is 6.04 Å². The first-order valence-corrected chi connectivity index (χ1v) is 11.7. The fourth-order valence-electron chi connectivity index (χ4n) is 5.00. The van der Waals surface area contributed by atoms with Gasteiger partial charge in [-0.1, -0.05) is 24.2 Å². The van der Waals surface area contributed by atoms with E-state index in [9.17, 15) is 5.11 Å². The Hall–Kier alpha value is -2.38. The molecule has 3 N–H and O–H groups in total. The number of H-pyrrole nitrogens is 1. The van der Waals surface area contributed by atoms with Crippen molar-refractivity contribution < 1.29 is 9.84 Å². The second-order valence-electron chi connectivity index (χ2n) is 9.19. The second-order valence-corrected chi connectivity index (χ2v) is 9.60. The highest BCUT2D eigenvalue weighted by atomic mass is 35.5. The molecule has 6 rings (SSSR count). The Morgan fingerprint density at radius 2 is 2.16 bits per heavy atom. The first kappa shape index (κ1) is 20.2. The molecule has 0 spiro atoms. The van der Waals surface area contributed by atoms with Crippen LogP contribution >= 0.6 is 11.6 Å². The summed E-state index contributed by atoms with van der Waals surface area (Å²) in [4.78, 5) is 9.94. The van der Waals surface area contributed by atoms with Gasteiger partial charge in [0, 0.05) is 48.7 Å². The van der Waals surface area contributed by atoms with Crippen LogP contribution in [0, 0.1) is 0 Å². The maximum absolute atomic E-state index is 10.6. The number of aromatic amines is 1. The van der Waals surface area contributed by atoms with Crippen molar-refractivity contribution >= 4 is 22.6 Å². The maximum Gasteiger partial charge on any atom is 0.138 e. The Morgan fingerprint density at radius 3 is 2.94 bits per heavy atom. The number of nitrogens with one attached hydrogen (secondary N) is 2. The molecule has 0 bridgehead atoms. The van der Waals surface area contributed by atoms with E-state index in [1.54, 1.807) is 6.20 Å². The molecule has 32 heavy (non-hydrogen) atoms. The van der Waals surface area contributed by atoms with Crippen molar-refractivity contribution in [3.8, 4) is 11.1 Å². The minimum Gasteiger partial charge on any atom is -0.384 e. The third-order valence-corrected chi connectivity index (χ3v) is 7.44. The third kappa shape index (κ3) is 3.42. The quantitative estimate of drug-likeness (QED) is 0.561. The average molecular weight is 451 g/mol. The summed E-state index contributed by atoms with van der Waals surface area (Å²) >= 11 is 6.36. The summed E-state index contributed by atoms with van der Waals surface area (Å²) in [5.41, 5.74) is 7.09. The van der Waals surface area contributed by atoms with Crippen molar-refractivity contribution in [3.05, 3.63) is 64.6 Å². The number of rotatable bonds is 4. The second kappa shape index (κ2) is 7.59. The molecular formula is C25H27ClN4O2. The zero-order valence-corrected chi connectivity index (χ0v) is 18.7. The molecule has 0 radical (unpaired) electrons. The first-order chi connectivity index (χ1) is 15.5. The highest BCUT2D eigenvalue weighted by molar-refractivity contribution is 6.35. The lowest BCUT2D eigenvalue weighted by Gasteiger charge is -2.37. The van der Waals surface area contributed by atoms with Gasteiger partial charge in [-0.05, 0) is 53.6 Å². The zero-order valence-electron chi connectivity index (χ0n) is 18.0. The van der Waals surface area contributed by atoms with Crippen LogP contribution < -0.4 is 5.32 Å². The van der Waals surface area contributed by atoms with Gasteiger partial charge in [0.05, 0.1) is 24.3 Å². The number of benzene rings is 1. The molecule has 7 heteroatoms. The number of halogens is 1. The summed E-state index contributed by atoms with van der Waals surface area (Å²) in [7, 11) is 0. The largest absolute Gasteiger partial charge is 0.384 e. The van der Waals surface area contributed by atoms with Gasteiger partial charge < -0.3 is 25.0 Å². The van der Waals surface area contributed by atoms with Crippen molar-refractivity contribution in [3.63, 3.8) is 0 Å². The lowest BCUT2D eigenvalue weighted by atomic mass is 9.87. The lowest BCUT2D eigenvalue weighted by molar-refractivity contribution is 0.0760. The van der Waals surface area contributed by atoms with E-state index in [1.165, 1.54) is 16.7 Å². The number of aliphatic hydroxyl groups is 1. The highest BCUT2D eigenvalue weighted by Crippen LogP contribution is 2.44. The lowest BCUT2D eigenvalue weighted by Crippen LogP contribution is -2.38. The monoisotopic (exact) mass is 450 g/mol. The summed E-state index contributed by atoms with van der Waals surface area (Å²) in [5, 5.41) is 15.8. The summed E-state index contributed by atoms with van der Waals surface area (Å²) < 4.78 is 5.81. The number of morpholine rings is 1. The van der Waals surface area contributed by atoms with Gasteiger partial charge in [-0.25, -0.2) is 4.98 Å². The Balaban J connectivity index is 1.42. The molecule has 0 amide bonds. The van der Waals surface area contributed by atoms with Gasteiger partial charge in [0.25, 0.3) is 0 Å². The minimum atomic E-state index is -0.694. The summed E-state index contributed by atoms with van der Waals surface area (Å²) in [5.74, 6) is 0. The molecule has 2 fully saturated rings. The minimum absolute atomic E-state index is 0.141. The van der Waals surface area contributed by atoms with Crippen LogP contribution in [0.4, 0.5) is 0 Å². The molecule has 166 valence electrons. The molecule has 6 nitrogen and oxygen atoms in total. The Labute approximate surface area is 192 Å². The smallest absolute Gasteiger partial charge is 0.138 e. The molecule has 2 aromatic heterocycles. The van der Waals surface area contributed by atoms with Crippen LogP contribution in [-0.4, -0.2) is 51.9 Å². The Morgan fingerprint density at radius 1 is 1.28 bits per heavy atom. The molecule has 1 unspecified atom stereocenters. The number of hydrogen-bond donors (Lipinski definition) is 3. The van der Waals surface area contributed by atoms with E-state index in [1.807, 2.05) is 6.20 Å². The van der Waals surface area contributed by atoms with E-state index in [2.05, 4.69) is 45.0 Å². The standard InChI is InChI=1S/C25H27ClN4O2/c1-15(25(31)3-4-25)30-6-2-16-8-17(18-10-20-22(26)12-29-24(20)28-11-18)9-19(21(16)13-30)23-14-32-7-5-27-23/h8-12,23,27,31H,1-7,13-14H2,(H,28,29). The molecule has 1 aliphatic carbocycles. The van der Waals surface area contributed by atoms with Crippen LogP contribution in [0.3, 0.4) is 0 Å². The maximum atomic E-state index is 10.6. The predicted octanol–water partition coefficient (Wildman–Crippen LogP) is 3.94. The van der Waals surface area contributed by atoms with Crippen molar-refractivity contribution in [2.75, 3.05) is 26.3 Å². The van der Waals surface area contributed by atoms with Crippen molar-refractivity contribution in [2.45, 2.75) is 37.5 Å². The molecule has 3 aromatic rings. The molecule has 4 heterocycles. The number of pyridine rings is 1. The number of nitrogens with zero attached hydrogens (tertiary/aromatic N) is 2. The van der Waals surface area contributed by atoms with Gasteiger partial charge in [-0.15, -0.1) is 0 Å². The number of ether oxygens (including phenoxy) is 1. The van der Waals surface area contributed by atoms with Crippen LogP contribution in [0.15, 0.2) is 42.9 Å². The van der Waals surface area contributed by atoms with Crippen LogP contribution in [-0.2, 0) is 17.7 Å². The third-order valence-electron chi connectivity index (χ3n) is 7.13. The molecule has 1 saturated carbocycles. The van der Waals surface area contributed by atoms with Gasteiger partial charge in [-0.2, -0.15) is 0 Å². The Kier molecular flexibility index (Phi) is 4.80. The summed E-state index contributed by atoms with van der Waals surface area (Å²) in [6.45, 7) is 8.10. The van der Waals surface area contributed by atoms with E-state index in [0.29, 0.717) is 11.6 Å². The fraction of sp³-hybridized carbons (Fsp3) is 0.400. The summed E-state index contributed by atoms with van der Waals surface area (Å²) in [6, 6.07) is 6.81. The van der Waals surface area contributed by atoms with Crippen LogP contribution in [0.1, 0.15) is 35.6 Å². The molecule has 3 aliphatic rings. The SMILES string of the molecule is C=C(N1CCc2cc(-c3cnc4[nH]cc(Cl)c4c3)cc(C3COCCN3)c2C1)C1(O)CC1. The normalized spacial score (nSPS) is 22.1. The van der Waals surface area contributed by atoms with E-state index < -0.39 is 5.60 Å². The van der Waals surface area contributed by atoms with Crippen molar-refractivity contribution in [2.24, 2.45) is 0 Å². The van der Waals surface area contributed by atoms with Gasteiger partial charge in [0.2, 0.25) is 0 Å². The predicted molar refractivity (Wildman–Crippen MR) is 126 cm³/mol. The molecule has 2 aliphatic heterocycles. The van der Waals surface area contributed by atoms with Crippen molar-refractivity contribution in [1.82, 2.24) is 20.2 Å². The van der Waals surface area contributed by atoms with Gasteiger partial charge in [0.15, 0.2) is 0 Å². The van der Waals surface area contributed by atoms with Crippen LogP contribution in [0.5, 0.6) is 0 Å². The van der Waals surface area contributed by atoms with Crippen LogP contribution in [0.2, 0.25) is 5.02 Å². The molecular weight excluding hydrogens is 424 g/mol. The van der Waals surface area contributed by atoms with Gasteiger partial charge in [0.1, 0.15) is 11.2 Å². The topological polar surface area (TPSA) is 73.4 Å². The van der Waals surface area contributed by atoms with E-state index in [4.69, 9.17) is 16.3 Å². The molecule has 1 saturated heterocycles. The van der Waals surface area contributed by atoms with Gasteiger partial charge in [-0.3, -0.25) is 0 Å². The first-order valence-electron chi connectivity index (χ1n) is 11.3. The van der Waals surface area contributed by atoms with Crippen LogP contribution in [0.25, 0.3) is 22.2 Å². The summed E-state index contributed by atoms with van der Waals surface area (Å²) in [6.07, 6.45) is 6.23. The van der Waals surface area contributed by atoms with Crippen molar-refractivity contribution in [1.29, 1.82) is 0 Å². The van der Waals surface area contributed by atoms with E-state index in [0.717, 1.165) is 73.4 Å². The zero-order chi connectivity index (χ0) is 21.9. The molecule has 1 aromatic carbocycles. The van der Waals surface area contributed by atoms with Gasteiger partial charge >= 0.3 is 0 Å². The number of aromatic nitrogens is 2. The number of fused-ring (bicyclic) bond motifs is 2. The van der Waals surface area contributed by atoms with E-state index >= 15 is 0 Å². The highest BCUT2D eigenvalue weighted by Gasteiger charge is 2.45. The fourth-order valence-corrected chi connectivity index (χ4v) is 5.20. The number of hydrogen-bond acceptors (Lipinski definition) is 5. The Bertz CT molecular complexity index is 1210. The average Bonchev–Trinajstić information content (AvgIpc) is 3.49. The molecule has 1 atom stereocenters.